The first-order valence-corrected chi connectivity index (χ1v) is 15.2. The summed E-state index contributed by atoms with van der Waals surface area (Å²) in [7, 11) is 2.09. The van der Waals surface area contributed by atoms with E-state index in [1.165, 1.54) is 44.5 Å². The fourth-order valence-corrected chi connectivity index (χ4v) is 7.68. The van der Waals surface area contributed by atoms with E-state index in [9.17, 15) is 0 Å². The van der Waals surface area contributed by atoms with Gasteiger partial charge in [-0.05, 0) is 56.1 Å². The van der Waals surface area contributed by atoms with E-state index >= 15 is 0 Å². The molecule has 0 amide bonds. The van der Waals surface area contributed by atoms with Gasteiger partial charge < -0.3 is 4.90 Å². The zero-order valence-electron chi connectivity index (χ0n) is 24.4. The summed E-state index contributed by atoms with van der Waals surface area (Å²) in [5.74, 6) is 1.67. The zero-order valence-corrected chi connectivity index (χ0v) is 24.4. The number of amidine groups is 2. The molecule has 1 atom stereocenters. The lowest BCUT2D eigenvalue weighted by molar-refractivity contribution is 0.383. The topological polar surface area (TPSA) is 28.0 Å². The van der Waals surface area contributed by atoms with E-state index in [0.717, 1.165) is 28.4 Å². The number of hydrogen-bond acceptors (Lipinski definition) is 3. The standard InChI is InChI=1S/C41H29N3/c1-44-39(27-14-4-2-5-15-27)42-38(43-40(44)28-16-6-3-7-17-28)29-24-25-33-32-20-10-13-23-36(32)41(37(33)26-29)34-21-11-8-18-30(34)31-19-9-12-22-35(31)41/h2-26,39H,1H3. The molecule has 9 rings (SSSR count). The smallest absolute Gasteiger partial charge is 0.159 e. The van der Waals surface area contributed by atoms with E-state index in [0.29, 0.717) is 0 Å². The summed E-state index contributed by atoms with van der Waals surface area (Å²) in [4.78, 5) is 12.7. The van der Waals surface area contributed by atoms with Crippen LogP contribution in [-0.4, -0.2) is 23.6 Å². The van der Waals surface area contributed by atoms with Gasteiger partial charge in [0.2, 0.25) is 0 Å². The molecule has 44 heavy (non-hydrogen) atoms. The van der Waals surface area contributed by atoms with Crippen molar-refractivity contribution in [3.8, 4) is 22.3 Å². The number of fused-ring (bicyclic) bond motifs is 10. The van der Waals surface area contributed by atoms with Crippen LogP contribution in [0.2, 0.25) is 0 Å². The average molecular weight is 564 g/mol. The molecule has 3 aliphatic rings. The molecule has 6 aromatic carbocycles. The predicted molar refractivity (Wildman–Crippen MR) is 179 cm³/mol. The van der Waals surface area contributed by atoms with Gasteiger partial charge in [0.25, 0.3) is 0 Å². The fraction of sp³-hybridized carbons (Fsp3) is 0.0732. The number of benzene rings is 6. The van der Waals surface area contributed by atoms with Crippen molar-refractivity contribution in [2.75, 3.05) is 7.05 Å². The highest BCUT2D eigenvalue weighted by atomic mass is 15.3. The summed E-state index contributed by atoms with van der Waals surface area (Å²) in [6, 6.07) is 54.6. The average Bonchev–Trinajstić information content (AvgIpc) is 3.56. The van der Waals surface area contributed by atoms with Crippen molar-refractivity contribution in [1.29, 1.82) is 0 Å². The number of aliphatic imine (C=N–C) groups is 2. The molecule has 1 aliphatic heterocycles. The van der Waals surface area contributed by atoms with Gasteiger partial charge in [-0.1, -0.05) is 146 Å². The quantitative estimate of drug-likeness (QED) is 0.211. The molecular weight excluding hydrogens is 534 g/mol. The zero-order chi connectivity index (χ0) is 29.3. The van der Waals surface area contributed by atoms with Crippen LogP contribution < -0.4 is 0 Å². The summed E-state index contributed by atoms with van der Waals surface area (Å²) in [5, 5.41) is 0. The van der Waals surface area contributed by atoms with Crippen LogP contribution in [0.4, 0.5) is 0 Å². The van der Waals surface area contributed by atoms with Crippen LogP contribution in [0.25, 0.3) is 22.3 Å². The van der Waals surface area contributed by atoms with Gasteiger partial charge in [-0.2, -0.15) is 0 Å². The van der Waals surface area contributed by atoms with Crippen LogP contribution in [-0.2, 0) is 5.41 Å². The number of rotatable bonds is 3. The Labute approximate surface area is 257 Å². The second-order valence-electron chi connectivity index (χ2n) is 11.8. The van der Waals surface area contributed by atoms with Crippen molar-refractivity contribution in [2.24, 2.45) is 9.98 Å². The molecule has 208 valence electrons. The van der Waals surface area contributed by atoms with E-state index in [1.54, 1.807) is 0 Å². The second kappa shape index (κ2) is 9.48. The molecule has 0 saturated heterocycles. The maximum Gasteiger partial charge on any atom is 0.159 e. The molecule has 0 radical (unpaired) electrons. The van der Waals surface area contributed by atoms with Crippen molar-refractivity contribution < 1.29 is 0 Å². The van der Waals surface area contributed by atoms with E-state index in [4.69, 9.17) is 9.98 Å². The molecule has 1 unspecified atom stereocenters. The summed E-state index contributed by atoms with van der Waals surface area (Å²) in [6.07, 6.45) is -0.189. The fourth-order valence-electron chi connectivity index (χ4n) is 7.68. The summed E-state index contributed by atoms with van der Waals surface area (Å²) >= 11 is 0. The molecule has 3 heteroatoms. The molecule has 0 bridgehead atoms. The predicted octanol–water partition coefficient (Wildman–Crippen LogP) is 8.87. The Morgan fingerprint density at radius 3 is 1.59 bits per heavy atom. The van der Waals surface area contributed by atoms with E-state index in [1.807, 2.05) is 6.07 Å². The van der Waals surface area contributed by atoms with Crippen molar-refractivity contribution in [3.63, 3.8) is 0 Å². The van der Waals surface area contributed by atoms with Gasteiger partial charge in [-0.25, -0.2) is 9.98 Å². The molecule has 2 aliphatic carbocycles. The molecular formula is C41H29N3. The van der Waals surface area contributed by atoms with Crippen LogP contribution in [0.3, 0.4) is 0 Å². The van der Waals surface area contributed by atoms with Gasteiger partial charge in [0.15, 0.2) is 5.84 Å². The van der Waals surface area contributed by atoms with Gasteiger partial charge >= 0.3 is 0 Å². The Kier molecular flexibility index (Phi) is 5.39. The Morgan fingerprint density at radius 2 is 1.00 bits per heavy atom. The molecule has 0 N–H and O–H groups in total. The second-order valence-corrected chi connectivity index (χ2v) is 11.8. The van der Waals surface area contributed by atoms with Crippen molar-refractivity contribution in [2.45, 2.75) is 11.6 Å². The highest BCUT2D eigenvalue weighted by Crippen LogP contribution is 2.62. The lowest BCUT2D eigenvalue weighted by Crippen LogP contribution is -2.35. The van der Waals surface area contributed by atoms with Gasteiger partial charge in [-0.3, -0.25) is 0 Å². The first-order chi connectivity index (χ1) is 21.7. The van der Waals surface area contributed by atoms with Crippen LogP contribution >= 0.6 is 0 Å². The van der Waals surface area contributed by atoms with E-state index in [2.05, 4.69) is 158 Å². The van der Waals surface area contributed by atoms with Crippen LogP contribution in [0.15, 0.2) is 162 Å². The third kappa shape index (κ3) is 3.38. The molecule has 0 fully saturated rings. The van der Waals surface area contributed by atoms with E-state index < -0.39 is 5.41 Å². The van der Waals surface area contributed by atoms with Crippen LogP contribution in [0, 0.1) is 0 Å². The first-order valence-electron chi connectivity index (χ1n) is 15.2. The maximum atomic E-state index is 5.31. The van der Waals surface area contributed by atoms with Crippen molar-refractivity contribution in [3.05, 3.63) is 191 Å². The highest BCUT2D eigenvalue weighted by Gasteiger charge is 2.51. The normalized spacial score (nSPS) is 16.9. The monoisotopic (exact) mass is 563 g/mol. The molecule has 3 nitrogen and oxygen atoms in total. The van der Waals surface area contributed by atoms with Crippen molar-refractivity contribution in [1.82, 2.24) is 4.90 Å². The number of nitrogens with zero attached hydrogens (tertiary/aromatic N) is 3. The van der Waals surface area contributed by atoms with E-state index in [-0.39, 0.29) is 6.17 Å². The minimum absolute atomic E-state index is 0.189. The summed E-state index contributed by atoms with van der Waals surface area (Å²) in [6.45, 7) is 0. The Balaban J connectivity index is 1.30. The van der Waals surface area contributed by atoms with Gasteiger partial charge in [0, 0.05) is 18.2 Å². The Bertz CT molecular complexity index is 2080. The molecule has 0 aromatic heterocycles. The molecule has 1 spiro atoms. The molecule has 6 aromatic rings. The summed E-state index contributed by atoms with van der Waals surface area (Å²) in [5.41, 5.74) is 13.3. The van der Waals surface area contributed by atoms with Gasteiger partial charge in [0.05, 0.1) is 5.41 Å². The number of hydrogen-bond donors (Lipinski definition) is 0. The van der Waals surface area contributed by atoms with Crippen LogP contribution in [0.1, 0.15) is 45.1 Å². The SMILES string of the molecule is CN1C(c2ccccc2)=NC(c2ccc3c(c2)C2(c4ccccc4-c4ccccc42)c2ccccc2-3)=NC1c1ccccc1. The lowest BCUT2D eigenvalue weighted by Gasteiger charge is -2.33. The van der Waals surface area contributed by atoms with Crippen molar-refractivity contribution >= 4 is 11.7 Å². The lowest BCUT2D eigenvalue weighted by atomic mass is 9.70. The Morgan fingerprint density at radius 1 is 0.500 bits per heavy atom. The van der Waals surface area contributed by atoms with Crippen LogP contribution in [0.5, 0.6) is 0 Å². The largest absolute Gasteiger partial charge is 0.333 e. The van der Waals surface area contributed by atoms with Gasteiger partial charge in [-0.15, -0.1) is 0 Å². The third-order valence-electron chi connectivity index (χ3n) is 9.54. The first kappa shape index (κ1) is 25.0. The Hall–Kier alpha value is -5.54. The van der Waals surface area contributed by atoms with Gasteiger partial charge in [0.1, 0.15) is 12.0 Å². The summed E-state index contributed by atoms with van der Waals surface area (Å²) < 4.78 is 0. The minimum Gasteiger partial charge on any atom is -0.333 e. The third-order valence-corrected chi connectivity index (χ3v) is 9.54. The maximum absolute atomic E-state index is 5.31. The molecule has 1 heterocycles. The molecule has 0 saturated carbocycles. The minimum atomic E-state index is -0.397. The highest BCUT2D eigenvalue weighted by molar-refractivity contribution is 6.13.